The van der Waals surface area contributed by atoms with Gasteiger partial charge in [0.15, 0.2) is 0 Å². The highest BCUT2D eigenvalue weighted by Crippen LogP contribution is 2.33. The van der Waals surface area contributed by atoms with Crippen molar-refractivity contribution in [3.8, 4) is 0 Å². The summed E-state index contributed by atoms with van der Waals surface area (Å²) in [7, 11) is 0. The lowest BCUT2D eigenvalue weighted by molar-refractivity contribution is -0.144. The number of nitrogens with one attached hydrogen (secondary N) is 1. The van der Waals surface area contributed by atoms with Crippen LogP contribution in [0.1, 0.15) is 19.4 Å². The van der Waals surface area contributed by atoms with E-state index in [1.807, 2.05) is 98.8 Å². The molecule has 1 N–H and O–H groups in total. The third-order valence-corrected chi connectivity index (χ3v) is 5.46. The fourth-order valence-corrected chi connectivity index (χ4v) is 3.77. The van der Waals surface area contributed by atoms with Gasteiger partial charge in [-0.2, -0.15) is 0 Å². The topological polar surface area (TPSA) is 49.4 Å². The van der Waals surface area contributed by atoms with Crippen LogP contribution in [0.4, 0.5) is 5.69 Å². The minimum atomic E-state index is -0.629. The Morgan fingerprint density at radius 1 is 0.862 bits per heavy atom. The third-order valence-electron chi connectivity index (χ3n) is 4.38. The lowest BCUT2D eigenvalue weighted by Crippen LogP contribution is -2.43. The largest absolute Gasteiger partial charge is 0.328 e. The molecule has 0 heterocycles. The molecule has 0 saturated heterocycles. The van der Waals surface area contributed by atoms with E-state index >= 15 is 0 Å². The summed E-state index contributed by atoms with van der Waals surface area (Å²) in [5.41, 5.74) is 1.62. The van der Waals surface area contributed by atoms with E-state index in [2.05, 4.69) is 5.32 Å². The average molecular weight is 405 g/mol. The van der Waals surface area contributed by atoms with Gasteiger partial charge in [-0.05, 0) is 43.7 Å². The lowest BCUT2D eigenvalue weighted by Gasteiger charge is -2.26. The average Bonchev–Trinajstić information content (AvgIpc) is 2.74. The van der Waals surface area contributed by atoms with E-state index in [1.165, 1.54) is 0 Å². The lowest BCUT2D eigenvalue weighted by atomic mass is 10.2. The monoisotopic (exact) mass is 404 g/mol. The normalized spacial score (nSPS) is 10.6. The maximum Gasteiger partial charge on any atom is 0.313 e. The van der Waals surface area contributed by atoms with Crippen molar-refractivity contribution in [2.75, 3.05) is 5.32 Å². The molecule has 2 amide bonds. The number of hydrogen-bond acceptors (Lipinski definition) is 3. The minimum Gasteiger partial charge on any atom is -0.328 e. The molecule has 29 heavy (non-hydrogen) atoms. The molecule has 0 aromatic heterocycles. The van der Waals surface area contributed by atoms with E-state index in [-0.39, 0.29) is 6.04 Å². The number of para-hydroxylation sites is 1. The van der Waals surface area contributed by atoms with Crippen molar-refractivity contribution in [1.29, 1.82) is 0 Å². The van der Waals surface area contributed by atoms with Gasteiger partial charge in [0.05, 0.1) is 5.69 Å². The SMILES string of the molecule is CC(C)N(Cc1ccccc1)C(=O)C(=O)Nc1ccccc1Sc1ccccc1. The fraction of sp³-hybridized carbons (Fsp3) is 0.167. The van der Waals surface area contributed by atoms with E-state index < -0.39 is 11.8 Å². The van der Waals surface area contributed by atoms with Crippen LogP contribution in [0.2, 0.25) is 0 Å². The Hall–Kier alpha value is -3.05. The fourth-order valence-electron chi connectivity index (χ4n) is 2.85. The molecule has 0 aliphatic carbocycles. The smallest absolute Gasteiger partial charge is 0.313 e. The Morgan fingerprint density at radius 3 is 2.10 bits per heavy atom. The van der Waals surface area contributed by atoms with E-state index in [9.17, 15) is 9.59 Å². The predicted molar refractivity (Wildman–Crippen MR) is 118 cm³/mol. The minimum absolute atomic E-state index is 0.0950. The van der Waals surface area contributed by atoms with Gasteiger partial charge >= 0.3 is 11.8 Å². The molecule has 0 aliphatic rings. The molecule has 0 bridgehead atoms. The van der Waals surface area contributed by atoms with Crippen LogP contribution < -0.4 is 5.32 Å². The summed E-state index contributed by atoms with van der Waals surface area (Å²) in [5.74, 6) is -1.17. The molecule has 0 aliphatic heterocycles. The van der Waals surface area contributed by atoms with Crippen molar-refractivity contribution in [3.63, 3.8) is 0 Å². The molecule has 148 valence electrons. The number of hydrogen-bond donors (Lipinski definition) is 1. The molecule has 3 aromatic rings. The second-order valence-corrected chi connectivity index (χ2v) is 7.99. The van der Waals surface area contributed by atoms with E-state index in [0.29, 0.717) is 12.2 Å². The summed E-state index contributed by atoms with van der Waals surface area (Å²) in [6.07, 6.45) is 0. The second kappa shape index (κ2) is 9.94. The van der Waals surface area contributed by atoms with Crippen LogP contribution in [0, 0.1) is 0 Å². The maximum absolute atomic E-state index is 12.9. The van der Waals surface area contributed by atoms with Crippen LogP contribution in [0.3, 0.4) is 0 Å². The first-order valence-electron chi connectivity index (χ1n) is 9.52. The molecule has 5 heteroatoms. The molecule has 4 nitrogen and oxygen atoms in total. The first-order chi connectivity index (χ1) is 14.0. The summed E-state index contributed by atoms with van der Waals surface area (Å²) in [6, 6.07) is 27.0. The molecule has 0 saturated carbocycles. The van der Waals surface area contributed by atoms with Gasteiger partial charge in [0.25, 0.3) is 0 Å². The molecule has 0 spiro atoms. The zero-order chi connectivity index (χ0) is 20.6. The highest BCUT2D eigenvalue weighted by atomic mass is 32.2. The van der Waals surface area contributed by atoms with Crippen LogP contribution in [-0.2, 0) is 16.1 Å². The summed E-state index contributed by atoms with van der Waals surface area (Å²) in [4.78, 5) is 29.1. The molecule has 3 rings (SSSR count). The zero-order valence-electron chi connectivity index (χ0n) is 16.5. The standard InChI is InChI=1S/C24H24N2O2S/c1-18(2)26(17-19-11-5-3-6-12-19)24(28)23(27)25-21-15-9-10-16-22(21)29-20-13-7-4-8-14-20/h3-16,18H,17H2,1-2H3,(H,25,27). The van der Waals surface area contributed by atoms with E-state index in [4.69, 9.17) is 0 Å². The van der Waals surface area contributed by atoms with Crippen molar-refractivity contribution in [2.24, 2.45) is 0 Å². The quantitative estimate of drug-likeness (QED) is 0.574. The molecule has 3 aromatic carbocycles. The Kier molecular flexibility index (Phi) is 7.09. The first-order valence-corrected chi connectivity index (χ1v) is 10.3. The maximum atomic E-state index is 12.9. The zero-order valence-corrected chi connectivity index (χ0v) is 17.4. The van der Waals surface area contributed by atoms with Gasteiger partial charge in [-0.25, -0.2) is 0 Å². The number of carbonyl (C=O) groups excluding carboxylic acids is 2. The summed E-state index contributed by atoms with van der Waals surface area (Å²) >= 11 is 1.55. The Bertz CT molecular complexity index is 959. The Labute approximate surface area is 175 Å². The molecule has 0 fully saturated rings. The second-order valence-electron chi connectivity index (χ2n) is 6.88. The number of rotatable bonds is 6. The van der Waals surface area contributed by atoms with Gasteiger partial charge in [0.1, 0.15) is 0 Å². The van der Waals surface area contributed by atoms with Crippen molar-refractivity contribution >= 4 is 29.3 Å². The highest BCUT2D eigenvalue weighted by Gasteiger charge is 2.25. The molecule has 0 unspecified atom stereocenters. The van der Waals surface area contributed by atoms with Crippen LogP contribution in [0.25, 0.3) is 0 Å². The third kappa shape index (κ3) is 5.72. The van der Waals surface area contributed by atoms with Crippen LogP contribution >= 0.6 is 11.8 Å². The Balaban J connectivity index is 1.74. The van der Waals surface area contributed by atoms with Crippen molar-refractivity contribution < 1.29 is 9.59 Å². The van der Waals surface area contributed by atoms with Gasteiger partial charge in [0, 0.05) is 22.4 Å². The van der Waals surface area contributed by atoms with Gasteiger partial charge < -0.3 is 10.2 Å². The van der Waals surface area contributed by atoms with Gasteiger partial charge in [0.2, 0.25) is 0 Å². The Morgan fingerprint density at radius 2 is 1.45 bits per heavy atom. The summed E-state index contributed by atoms with van der Waals surface area (Å²) in [5, 5.41) is 2.80. The van der Waals surface area contributed by atoms with Crippen LogP contribution in [-0.4, -0.2) is 22.8 Å². The number of carbonyl (C=O) groups is 2. The number of benzene rings is 3. The molecule has 0 atom stereocenters. The molecule has 0 radical (unpaired) electrons. The van der Waals surface area contributed by atoms with E-state index in [0.717, 1.165) is 15.4 Å². The first kappa shape index (κ1) is 20.7. The highest BCUT2D eigenvalue weighted by molar-refractivity contribution is 7.99. The van der Waals surface area contributed by atoms with Crippen molar-refractivity contribution in [3.05, 3.63) is 90.5 Å². The van der Waals surface area contributed by atoms with Crippen LogP contribution in [0.15, 0.2) is 94.7 Å². The summed E-state index contributed by atoms with van der Waals surface area (Å²) in [6.45, 7) is 4.21. The molecular weight excluding hydrogens is 380 g/mol. The van der Waals surface area contributed by atoms with Gasteiger partial charge in [-0.1, -0.05) is 72.4 Å². The molecular formula is C24H24N2O2S. The predicted octanol–water partition coefficient (Wildman–Crippen LogP) is 5.21. The van der Waals surface area contributed by atoms with E-state index in [1.54, 1.807) is 16.7 Å². The summed E-state index contributed by atoms with van der Waals surface area (Å²) < 4.78 is 0. The van der Waals surface area contributed by atoms with Crippen molar-refractivity contribution in [2.45, 2.75) is 36.2 Å². The van der Waals surface area contributed by atoms with Crippen molar-refractivity contribution in [1.82, 2.24) is 4.90 Å². The number of anilines is 1. The number of nitrogens with zero attached hydrogens (tertiary/aromatic N) is 1. The van der Waals surface area contributed by atoms with Gasteiger partial charge in [-0.15, -0.1) is 0 Å². The van der Waals surface area contributed by atoms with Gasteiger partial charge in [-0.3, -0.25) is 9.59 Å². The van der Waals surface area contributed by atoms with Crippen LogP contribution in [0.5, 0.6) is 0 Å². The number of amides is 2.